The normalized spacial score (nSPS) is 17.9. The zero-order valence-electron chi connectivity index (χ0n) is 19.2. The van der Waals surface area contributed by atoms with Crippen LogP contribution in [0.15, 0.2) is 42.5 Å². The van der Waals surface area contributed by atoms with Gasteiger partial charge in [-0.2, -0.15) is 0 Å². The fourth-order valence-electron chi connectivity index (χ4n) is 4.30. The molecular weight excluding hydrogens is 425 g/mol. The molecule has 2 unspecified atom stereocenters. The fraction of sp³-hybridized carbons (Fsp3) is 0.480. The molecule has 2 amide bonds. The van der Waals surface area contributed by atoms with E-state index in [1.807, 2.05) is 18.2 Å². The summed E-state index contributed by atoms with van der Waals surface area (Å²) in [5.74, 6) is 1.33. The molecule has 2 aliphatic rings. The Morgan fingerprint density at radius 1 is 0.970 bits per heavy atom. The van der Waals surface area contributed by atoms with Crippen LogP contribution in [0.1, 0.15) is 37.1 Å². The Morgan fingerprint density at radius 2 is 1.64 bits per heavy atom. The summed E-state index contributed by atoms with van der Waals surface area (Å²) in [7, 11) is 0. The number of fused-ring (bicyclic) bond motifs is 1. The number of amides is 2. The smallest absolute Gasteiger partial charge is 0.315 e. The van der Waals surface area contributed by atoms with Gasteiger partial charge in [-0.05, 0) is 41.3 Å². The van der Waals surface area contributed by atoms with E-state index >= 15 is 0 Å². The number of nitrogens with one attached hydrogen (secondary N) is 2. The van der Waals surface area contributed by atoms with Crippen molar-refractivity contribution in [3.8, 4) is 11.5 Å². The predicted octanol–water partition coefficient (Wildman–Crippen LogP) is 3.67. The molecule has 2 N–H and O–H groups in total. The van der Waals surface area contributed by atoms with Gasteiger partial charge in [0.2, 0.25) is 0 Å². The number of benzene rings is 2. The lowest BCUT2D eigenvalue weighted by molar-refractivity contribution is 0.0166. The van der Waals surface area contributed by atoms with Crippen LogP contribution in [-0.4, -0.2) is 57.0 Å². The van der Waals surface area contributed by atoms with Gasteiger partial charge >= 0.3 is 6.03 Å². The Balaban J connectivity index is 1.43. The molecule has 0 radical (unpaired) electrons. The summed E-state index contributed by atoms with van der Waals surface area (Å²) >= 11 is 0. The van der Waals surface area contributed by atoms with Crippen molar-refractivity contribution in [1.29, 1.82) is 0 Å². The highest BCUT2D eigenvalue weighted by Crippen LogP contribution is 2.34. The third-order valence-corrected chi connectivity index (χ3v) is 6.08. The number of halogens is 1. The Bertz CT molecular complexity index is 932. The second-order valence-electron chi connectivity index (χ2n) is 8.69. The van der Waals surface area contributed by atoms with E-state index in [1.54, 1.807) is 12.1 Å². The Labute approximate surface area is 194 Å². The van der Waals surface area contributed by atoms with Gasteiger partial charge in [0.1, 0.15) is 19.0 Å². The number of urea groups is 1. The molecule has 178 valence electrons. The van der Waals surface area contributed by atoms with E-state index in [1.165, 1.54) is 12.1 Å². The predicted molar refractivity (Wildman–Crippen MR) is 123 cm³/mol. The lowest BCUT2D eigenvalue weighted by Crippen LogP contribution is -2.46. The highest BCUT2D eigenvalue weighted by molar-refractivity contribution is 5.74. The lowest BCUT2D eigenvalue weighted by atomic mass is 9.95. The van der Waals surface area contributed by atoms with Crippen LogP contribution in [0, 0.1) is 11.7 Å². The molecule has 2 aromatic rings. The average molecular weight is 458 g/mol. The van der Waals surface area contributed by atoms with Gasteiger partial charge in [0.15, 0.2) is 11.5 Å². The van der Waals surface area contributed by atoms with E-state index in [0.717, 1.165) is 30.0 Å². The first-order valence-corrected chi connectivity index (χ1v) is 11.5. The van der Waals surface area contributed by atoms with E-state index in [2.05, 4.69) is 29.4 Å². The molecule has 0 aliphatic carbocycles. The van der Waals surface area contributed by atoms with Crippen LogP contribution in [0.5, 0.6) is 11.5 Å². The van der Waals surface area contributed by atoms with Crippen molar-refractivity contribution in [2.75, 3.05) is 46.1 Å². The number of rotatable bonds is 7. The lowest BCUT2D eigenvalue weighted by Gasteiger charge is -2.35. The molecule has 1 fully saturated rings. The number of hydrogen-bond donors (Lipinski definition) is 2. The van der Waals surface area contributed by atoms with E-state index in [9.17, 15) is 9.18 Å². The monoisotopic (exact) mass is 457 g/mol. The number of morpholine rings is 1. The maximum Gasteiger partial charge on any atom is 0.315 e. The summed E-state index contributed by atoms with van der Waals surface area (Å²) in [5.41, 5.74) is 1.93. The van der Waals surface area contributed by atoms with Gasteiger partial charge in [-0.1, -0.05) is 32.0 Å². The summed E-state index contributed by atoms with van der Waals surface area (Å²) in [6.45, 7) is 8.40. The molecule has 1 saturated heterocycles. The van der Waals surface area contributed by atoms with E-state index in [0.29, 0.717) is 38.7 Å². The fourth-order valence-corrected chi connectivity index (χ4v) is 4.30. The van der Waals surface area contributed by atoms with Gasteiger partial charge in [-0.3, -0.25) is 4.90 Å². The summed E-state index contributed by atoms with van der Waals surface area (Å²) in [4.78, 5) is 15.2. The molecule has 8 heteroatoms. The number of hydrogen-bond acceptors (Lipinski definition) is 5. The Kier molecular flexibility index (Phi) is 7.67. The van der Waals surface area contributed by atoms with Crippen LogP contribution < -0.4 is 20.1 Å². The molecule has 4 rings (SSSR count). The van der Waals surface area contributed by atoms with Gasteiger partial charge in [-0.25, -0.2) is 9.18 Å². The molecule has 0 bridgehead atoms. The van der Waals surface area contributed by atoms with Crippen molar-refractivity contribution < 1.29 is 23.4 Å². The van der Waals surface area contributed by atoms with Crippen LogP contribution in [0.25, 0.3) is 0 Å². The summed E-state index contributed by atoms with van der Waals surface area (Å²) in [5, 5.41) is 6.14. The Hall–Kier alpha value is -2.84. The molecule has 2 heterocycles. The van der Waals surface area contributed by atoms with Crippen LogP contribution in [0.3, 0.4) is 0 Å². The number of ether oxygens (including phenoxy) is 3. The van der Waals surface area contributed by atoms with Crippen molar-refractivity contribution in [3.63, 3.8) is 0 Å². The van der Waals surface area contributed by atoms with E-state index in [4.69, 9.17) is 14.2 Å². The van der Waals surface area contributed by atoms with Crippen LogP contribution in [-0.2, 0) is 4.74 Å². The van der Waals surface area contributed by atoms with Crippen LogP contribution in [0.4, 0.5) is 9.18 Å². The van der Waals surface area contributed by atoms with Gasteiger partial charge < -0.3 is 24.8 Å². The van der Waals surface area contributed by atoms with E-state index in [-0.39, 0.29) is 29.8 Å². The van der Waals surface area contributed by atoms with E-state index < -0.39 is 0 Å². The highest BCUT2D eigenvalue weighted by atomic mass is 19.1. The van der Waals surface area contributed by atoms with Crippen LogP contribution >= 0.6 is 0 Å². The molecule has 2 atom stereocenters. The van der Waals surface area contributed by atoms with Crippen molar-refractivity contribution in [3.05, 3.63) is 59.4 Å². The second kappa shape index (κ2) is 10.9. The molecular formula is C25H32FN3O4. The van der Waals surface area contributed by atoms with Gasteiger partial charge in [0.05, 0.1) is 25.3 Å². The minimum absolute atomic E-state index is 0.0629. The SMILES string of the molecule is CC(C)C(NC(=O)NCC(c1ccc(F)cc1)N1CCOCC1)c1ccc2c(c1)OCCO2. The second-order valence-corrected chi connectivity index (χ2v) is 8.69. The molecule has 0 aromatic heterocycles. The zero-order chi connectivity index (χ0) is 23.2. The van der Waals surface area contributed by atoms with Crippen LogP contribution in [0.2, 0.25) is 0 Å². The highest BCUT2D eigenvalue weighted by Gasteiger charge is 2.25. The third kappa shape index (κ3) is 5.94. The van der Waals surface area contributed by atoms with Gasteiger partial charge in [-0.15, -0.1) is 0 Å². The first-order valence-electron chi connectivity index (χ1n) is 11.5. The molecule has 7 nitrogen and oxygen atoms in total. The van der Waals surface area contributed by atoms with Gasteiger partial charge in [0.25, 0.3) is 0 Å². The Morgan fingerprint density at radius 3 is 2.33 bits per heavy atom. The molecule has 2 aromatic carbocycles. The van der Waals surface area contributed by atoms with Gasteiger partial charge in [0, 0.05) is 19.6 Å². The molecule has 0 spiro atoms. The molecule has 33 heavy (non-hydrogen) atoms. The topological polar surface area (TPSA) is 72.1 Å². The maximum absolute atomic E-state index is 13.5. The van der Waals surface area contributed by atoms with Crippen molar-refractivity contribution in [2.24, 2.45) is 5.92 Å². The zero-order valence-corrected chi connectivity index (χ0v) is 19.2. The minimum atomic E-state index is -0.274. The quantitative estimate of drug-likeness (QED) is 0.664. The van der Waals surface area contributed by atoms with Crippen molar-refractivity contribution in [1.82, 2.24) is 15.5 Å². The minimum Gasteiger partial charge on any atom is -0.486 e. The molecule has 0 saturated carbocycles. The van der Waals surface area contributed by atoms with Crippen molar-refractivity contribution >= 4 is 6.03 Å². The number of carbonyl (C=O) groups is 1. The summed E-state index contributed by atoms with van der Waals surface area (Å²) in [6, 6.07) is 11.8. The third-order valence-electron chi connectivity index (χ3n) is 6.08. The number of nitrogens with zero attached hydrogens (tertiary/aromatic N) is 1. The molecule has 2 aliphatic heterocycles. The first kappa shape index (κ1) is 23.3. The summed E-state index contributed by atoms with van der Waals surface area (Å²) in [6.07, 6.45) is 0. The summed E-state index contributed by atoms with van der Waals surface area (Å²) < 4.78 is 30.3. The first-order chi connectivity index (χ1) is 16.0. The standard InChI is InChI=1S/C25H32FN3O4/c1-17(2)24(19-5-8-22-23(15-19)33-14-13-32-22)28-25(30)27-16-21(29-9-11-31-12-10-29)18-3-6-20(26)7-4-18/h3-8,15,17,21,24H,9-14,16H2,1-2H3,(H2,27,28,30). The maximum atomic E-state index is 13.5. The average Bonchev–Trinajstić information content (AvgIpc) is 2.84. The largest absolute Gasteiger partial charge is 0.486 e. The number of carbonyl (C=O) groups excluding carboxylic acids is 1. The van der Waals surface area contributed by atoms with Crippen molar-refractivity contribution in [2.45, 2.75) is 25.9 Å².